The second kappa shape index (κ2) is 9.31. The third-order valence-electron chi connectivity index (χ3n) is 6.02. The number of alkyl halides is 5. The number of rotatable bonds is 4. The standard InChI is InChI=1S/C20H21F6N3O.C2H6/c21-14-3-1-12(2-4-14)17-15-8-13(20(24,25)26)5-6-29(15)28-18(17)27-16(30)7-11-9-19(22,23)10-11;1-2/h1,3-4,11-13H,2,5-10H2,(H,27,28,30);1-2H3. The molecule has 0 radical (unpaired) electrons. The van der Waals surface area contributed by atoms with Crippen molar-refractivity contribution in [2.45, 2.75) is 76.9 Å². The number of hydrogen-bond donors (Lipinski definition) is 1. The molecule has 2 atom stereocenters. The average molecular weight is 463 g/mol. The zero-order valence-corrected chi connectivity index (χ0v) is 18.0. The fraction of sp³-hybridized carbons (Fsp3) is 0.636. The quantitative estimate of drug-likeness (QED) is 0.533. The van der Waals surface area contributed by atoms with Crippen LogP contribution in [0.1, 0.15) is 63.1 Å². The van der Waals surface area contributed by atoms with Crippen molar-refractivity contribution in [2.24, 2.45) is 11.8 Å². The third-order valence-corrected chi connectivity index (χ3v) is 6.02. The zero-order valence-electron chi connectivity index (χ0n) is 18.0. The Labute approximate surface area is 182 Å². The first-order valence-corrected chi connectivity index (χ1v) is 10.9. The number of amides is 1. The molecule has 3 aliphatic rings. The van der Waals surface area contributed by atoms with Gasteiger partial charge < -0.3 is 5.32 Å². The van der Waals surface area contributed by atoms with E-state index in [2.05, 4.69) is 10.4 Å². The summed E-state index contributed by atoms with van der Waals surface area (Å²) in [4.78, 5) is 12.4. The Morgan fingerprint density at radius 3 is 2.53 bits per heavy atom. The SMILES string of the molecule is CC.O=C(CC1CC(F)(F)C1)Nc1nn2c(c1C1C=CC(F)=CC1)CC(C(F)(F)F)CC2. The average Bonchev–Trinajstić information content (AvgIpc) is 3.05. The van der Waals surface area contributed by atoms with Crippen LogP contribution in [0.15, 0.2) is 24.1 Å². The van der Waals surface area contributed by atoms with Crippen molar-refractivity contribution in [3.05, 3.63) is 35.3 Å². The fourth-order valence-electron chi connectivity index (χ4n) is 4.47. The summed E-state index contributed by atoms with van der Waals surface area (Å²) < 4.78 is 80.8. The molecule has 0 aromatic carbocycles. The normalized spacial score (nSPS) is 24.6. The third kappa shape index (κ3) is 5.38. The van der Waals surface area contributed by atoms with Gasteiger partial charge in [-0.05, 0) is 30.9 Å². The maximum absolute atomic E-state index is 13.4. The lowest BCUT2D eigenvalue weighted by Gasteiger charge is -2.34. The first kappa shape index (κ1) is 24.4. The lowest BCUT2D eigenvalue weighted by Crippen LogP contribution is -2.37. The number of aryl methyl sites for hydroxylation is 1. The van der Waals surface area contributed by atoms with Crippen LogP contribution in [0, 0.1) is 11.8 Å². The molecule has 4 nitrogen and oxygen atoms in total. The molecule has 0 spiro atoms. The van der Waals surface area contributed by atoms with E-state index in [1.807, 2.05) is 13.8 Å². The molecule has 4 rings (SSSR count). The molecule has 1 fully saturated rings. The molecule has 32 heavy (non-hydrogen) atoms. The van der Waals surface area contributed by atoms with Gasteiger partial charge in [0.1, 0.15) is 5.83 Å². The first-order chi connectivity index (χ1) is 15.0. The highest BCUT2D eigenvalue weighted by Crippen LogP contribution is 2.45. The van der Waals surface area contributed by atoms with Gasteiger partial charge in [0.15, 0.2) is 5.82 Å². The number of hydrogen-bond acceptors (Lipinski definition) is 2. The molecule has 1 N–H and O–H groups in total. The fourth-order valence-corrected chi connectivity index (χ4v) is 4.47. The van der Waals surface area contributed by atoms with Gasteiger partial charge >= 0.3 is 6.18 Å². The van der Waals surface area contributed by atoms with E-state index in [4.69, 9.17) is 0 Å². The Bertz CT molecular complexity index is 894. The molecule has 0 bridgehead atoms. The van der Waals surface area contributed by atoms with Gasteiger partial charge in [0.2, 0.25) is 11.8 Å². The maximum Gasteiger partial charge on any atom is 0.392 e. The van der Waals surface area contributed by atoms with E-state index in [0.29, 0.717) is 11.3 Å². The zero-order chi connectivity index (χ0) is 23.7. The van der Waals surface area contributed by atoms with E-state index in [-0.39, 0.29) is 50.9 Å². The van der Waals surface area contributed by atoms with Crippen molar-refractivity contribution < 1.29 is 31.1 Å². The predicted octanol–water partition coefficient (Wildman–Crippen LogP) is 6.30. The molecule has 1 aliphatic heterocycles. The highest BCUT2D eigenvalue weighted by molar-refractivity contribution is 5.91. The summed E-state index contributed by atoms with van der Waals surface area (Å²) in [5, 5.41) is 6.91. The van der Waals surface area contributed by atoms with Crippen molar-refractivity contribution in [1.82, 2.24) is 9.78 Å². The minimum absolute atomic E-state index is 0.0534. The highest BCUT2D eigenvalue weighted by atomic mass is 19.4. The van der Waals surface area contributed by atoms with Gasteiger partial charge in [-0.15, -0.1) is 0 Å². The summed E-state index contributed by atoms with van der Waals surface area (Å²) in [7, 11) is 0. The summed E-state index contributed by atoms with van der Waals surface area (Å²) >= 11 is 0. The molecule has 2 aliphatic carbocycles. The monoisotopic (exact) mass is 463 g/mol. The van der Waals surface area contributed by atoms with Crippen molar-refractivity contribution in [1.29, 1.82) is 0 Å². The van der Waals surface area contributed by atoms with Crippen LogP contribution in [-0.2, 0) is 17.8 Å². The topological polar surface area (TPSA) is 46.9 Å². The lowest BCUT2D eigenvalue weighted by atomic mass is 9.79. The Hall–Kier alpha value is -2.26. The summed E-state index contributed by atoms with van der Waals surface area (Å²) in [6.07, 6.45) is -1.18. The smallest absolute Gasteiger partial charge is 0.309 e. The van der Waals surface area contributed by atoms with Crippen molar-refractivity contribution in [2.75, 3.05) is 5.32 Å². The van der Waals surface area contributed by atoms with E-state index < -0.39 is 41.6 Å². The predicted molar refractivity (Wildman–Crippen MR) is 108 cm³/mol. The van der Waals surface area contributed by atoms with Crippen LogP contribution in [0.4, 0.5) is 32.2 Å². The van der Waals surface area contributed by atoms with Gasteiger partial charge in [0.05, 0.1) is 5.92 Å². The number of allylic oxidation sites excluding steroid dienone is 4. The van der Waals surface area contributed by atoms with Gasteiger partial charge in [-0.25, -0.2) is 13.2 Å². The Morgan fingerprint density at radius 1 is 1.28 bits per heavy atom. The molecule has 2 unspecified atom stereocenters. The molecule has 1 amide bonds. The van der Waals surface area contributed by atoms with Crippen LogP contribution >= 0.6 is 0 Å². The van der Waals surface area contributed by atoms with Crippen LogP contribution in [0.5, 0.6) is 0 Å². The largest absolute Gasteiger partial charge is 0.392 e. The Kier molecular flexibility index (Phi) is 7.09. The molecular formula is C22H27F6N3O. The van der Waals surface area contributed by atoms with Crippen molar-refractivity contribution in [3.63, 3.8) is 0 Å². The first-order valence-electron chi connectivity index (χ1n) is 10.9. The van der Waals surface area contributed by atoms with E-state index in [9.17, 15) is 31.1 Å². The number of nitrogens with one attached hydrogen (secondary N) is 1. The Balaban J connectivity index is 0.00000141. The highest BCUT2D eigenvalue weighted by Gasteiger charge is 2.46. The van der Waals surface area contributed by atoms with Crippen molar-refractivity contribution in [3.8, 4) is 0 Å². The van der Waals surface area contributed by atoms with Crippen molar-refractivity contribution >= 4 is 11.7 Å². The van der Waals surface area contributed by atoms with Crippen LogP contribution in [-0.4, -0.2) is 27.8 Å². The summed E-state index contributed by atoms with van der Waals surface area (Å²) in [6, 6.07) is 0. The van der Waals surface area contributed by atoms with Gasteiger partial charge in [-0.2, -0.15) is 18.3 Å². The Morgan fingerprint density at radius 2 is 1.97 bits per heavy atom. The van der Waals surface area contributed by atoms with Gasteiger partial charge in [0.25, 0.3) is 0 Å². The lowest BCUT2D eigenvalue weighted by molar-refractivity contribution is -0.179. The molecule has 10 heteroatoms. The number of aromatic nitrogens is 2. The number of halogens is 6. The minimum atomic E-state index is -4.35. The maximum atomic E-state index is 13.4. The van der Waals surface area contributed by atoms with Gasteiger partial charge in [-0.3, -0.25) is 9.48 Å². The summed E-state index contributed by atoms with van der Waals surface area (Å²) in [5.41, 5.74) is 0.815. The van der Waals surface area contributed by atoms with E-state index in [1.165, 1.54) is 16.8 Å². The van der Waals surface area contributed by atoms with Crippen LogP contribution < -0.4 is 5.32 Å². The van der Waals surface area contributed by atoms with Gasteiger partial charge in [0, 0.05) is 49.4 Å². The number of anilines is 1. The molecule has 0 saturated heterocycles. The van der Waals surface area contributed by atoms with Crippen LogP contribution in [0.2, 0.25) is 0 Å². The van der Waals surface area contributed by atoms with E-state index in [0.717, 1.165) is 0 Å². The molecule has 178 valence electrons. The molecule has 1 aromatic rings. The van der Waals surface area contributed by atoms with Gasteiger partial charge in [-0.1, -0.05) is 19.9 Å². The van der Waals surface area contributed by atoms with Crippen LogP contribution in [0.3, 0.4) is 0 Å². The molecule has 2 heterocycles. The second-order valence-electron chi connectivity index (χ2n) is 8.34. The summed E-state index contributed by atoms with van der Waals surface area (Å²) in [6.45, 7) is 4.05. The minimum Gasteiger partial charge on any atom is -0.309 e. The van der Waals surface area contributed by atoms with Crippen LogP contribution in [0.25, 0.3) is 0 Å². The molecule has 1 saturated carbocycles. The molecule has 1 aromatic heterocycles. The second-order valence-corrected chi connectivity index (χ2v) is 8.34. The number of carbonyl (C=O) groups excluding carboxylic acids is 1. The number of nitrogens with zero attached hydrogens (tertiary/aromatic N) is 2. The number of fused-ring (bicyclic) bond motifs is 1. The number of carbonyl (C=O) groups is 1. The van der Waals surface area contributed by atoms with E-state index in [1.54, 1.807) is 6.08 Å². The van der Waals surface area contributed by atoms with E-state index >= 15 is 0 Å². The molecular weight excluding hydrogens is 436 g/mol. The summed E-state index contributed by atoms with van der Waals surface area (Å²) in [5.74, 6) is -5.90.